The number of piperidine rings is 1. The van der Waals surface area contributed by atoms with Gasteiger partial charge >= 0.3 is 0 Å². The molecule has 4 rings (SSSR count). The van der Waals surface area contributed by atoms with Gasteiger partial charge in [0.15, 0.2) is 4.90 Å². The summed E-state index contributed by atoms with van der Waals surface area (Å²) in [6, 6.07) is 11.4. The van der Waals surface area contributed by atoms with E-state index in [0.29, 0.717) is 18.0 Å². The summed E-state index contributed by atoms with van der Waals surface area (Å²) in [5.74, 6) is 0. The van der Waals surface area contributed by atoms with Gasteiger partial charge in [-0.2, -0.15) is 4.31 Å². The Labute approximate surface area is 172 Å². The molecule has 2 heterocycles. The number of nitro benzene ring substituents is 1. The zero-order valence-electron chi connectivity index (χ0n) is 15.6. The Bertz CT molecular complexity index is 1170. The number of rotatable bonds is 5. The number of aromatic nitrogens is 1. The van der Waals surface area contributed by atoms with Crippen LogP contribution in [0.25, 0.3) is 10.2 Å². The van der Waals surface area contributed by atoms with E-state index in [-0.39, 0.29) is 24.1 Å². The molecule has 3 aromatic rings. The molecule has 10 heteroatoms. The van der Waals surface area contributed by atoms with Crippen molar-refractivity contribution in [1.82, 2.24) is 9.29 Å². The molecule has 0 radical (unpaired) electrons. The molecule has 1 aliphatic rings. The maximum atomic E-state index is 12.9. The van der Waals surface area contributed by atoms with Crippen LogP contribution in [0.1, 0.15) is 18.4 Å². The molecule has 0 amide bonds. The molecule has 2 aromatic carbocycles. The van der Waals surface area contributed by atoms with Crippen molar-refractivity contribution in [3.05, 3.63) is 58.1 Å². The van der Waals surface area contributed by atoms with Crippen LogP contribution in [-0.2, 0) is 10.0 Å². The number of nitrogens with zero attached hydrogens (tertiary/aromatic N) is 3. The van der Waals surface area contributed by atoms with Gasteiger partial charge in [0.05, 0.1) is 15.1 Å². The normalized spacial score (nSPS) is 16.2. The lowest BCUT2D eigenvalue weighted by Crippen LogP contribution is -2.41. The second-order valence-corrected chi connectivity index (χ2v) is 9.75. The molecule has 29 heavy (non-hydrogen) atoms. The van der Waals surface area contributed by atoms with Gasteiger partial charge in [0.1, 0.15) is 6.10 Å². The highest BCUT2D eigenvalue weighted by molar-refractivity contribution is 7.89. The Morgan fingerprint density at radius 2 is 1.90 bits per heavy atom. The largest absolute Gasteiger partial charge is 0.467 e. The molecule has 0 aliphatic carbocycles. The van der Waals surface area contributed by atoms with E-state index in [0.717, 1.165) is 15.8 Å². The number of benzene rings is 2. The van der Waals surface area contributed by atoms with E-state index in [1.165, 1.54) is 39.9 Å². The fraction of sp³-hybridized carbons (Fsp3) is 0.316. The molecule has 1 fully saturated rings. The fourth-order valence-corrected chi connectivity index (χ4v) is 6.00. The molecule has 1 aromatic heterocycles. The second kappa shape index (κ2) is 7.69. The van der Waals surface area contributed by atoms with Crippen molar-refractivity contribution in [2.24, 2.45) is 0 Å². The van der Waals surface area contributed by atoms with Crippen LogP contribution >= 0.6 is 11.3 Å². The third kappa shape index (κ3) is 3.83. The van der Waals surface area contributed by atoms with Crippen molar-refractivity contribution in [1.29, 1.82) is 0 Å². The first-order chi connectivity index (χ1) is 13.9. The van der Waals surface area contributed by atoms with Gasteiger partial charge in [-0.15, -0.1) is 0 Å². The monoisotopic (exact) mass is 433 g/mol. The van der Waals surface area contributed by atoms with E-state index < -0.39 is 20.6 Å². The van der Waals surface area contributed by atoms with Crippen LogP contribution in [-0.4, -0.2) is 41.8 Å². The molecule has 0 spiro atoms. The van der Waals surface area contributed by atoms with E-state index in [1.807, 2.05) is 25.1 Å². The number of fused-ring (bicyclic) bond motifs is 1. The third-order valence-electron chi connectivity index (χ3n) is 4.95. The van der Waals surface area contributed by atoms with Crippen LogP contribution in [0.5, 0.6) is 5.19 Å². The molecule has 8 nitrogen and oxygen atoms in total. The summed E-state index contributed by atoms with van der Waals surface area (Å²) >= 11 is 1.47. The average Bonchev–Trinajstić information content (AvgIpc) is 3.12. The van der Waals surface area contributed by atoms with Crippen molar-refractivity contribution in [3.63, 3.8) is 0 Å². The second-order valence-electron chi connectivity index (χ2n) is 6.85. The van der Waals surface area contributed by atoms with Crippen molar-refractivity contribution >= 4 is 37.3 Å². The van der Waals surface area contributed by atoms with E-state index in [4.69, 9.17) is 4.74 Å². The Kier molecular flexibility index (Phi) is 5.24. The summed E-state index contributed by atoms with van der Waals surface area (Å²) in [7, 11) is -3.94. The number of hydrogen-bond acceptors (Lipinski definition) is 7. The van der Waals surface area contributed by atoms with E-state index in [1.54, 1.807) is 0 Å². The SMILES string of the molecule is Cc1cccc2sc(OC3CCN(S(=O)(=O)c4ccccc4[N+](=O)[O-])CC3)nc12. The highest BCUT2D eigenvalue weighted by Crippen LogP contribution is 2.32. The van der Waals surface area contributed by atoms with Gasteiger partial charge in [0.25, 0.3) is 10.9 Å². The lowest BCUT2D eigenvalue weighted by Gasteiger charge is -2.30. The summed E-state index contributed by atoms with van der Waals surface area (Å²) in [5, 5.41) is 11.8. The standard InChI is InChI=1S/C19H19N3O5S2/c1-13-5-4-7-16-18(13)20-19(28-16)27-14-9-11-21(12-10-14)29(25,26)17-8-3-2-6-15(17)22(23)24/h2-8,14H,9-12H2,1H3. The summed E-state index contributed by atoms with van der Waals surface area (Å²) in [5.41, 5.74) is 1.60. The minimum absolute atomic E-state index is 0.145. The first-order valence-corrected chi connectivity index (χ1v) is 11.4. The first kappa shape index (κ1) is 19.7. The molecular formula is C19H19N3O5S2. The van der Waals surface area contributed by atoms with Crippen LogP contribution in [0.4, 0.5) is 5.69 Å². The van der Waals surface area contributed by atoms with Gasteiger partial charge < -0.3 is 4.74 Å². The average molecular weight is 434 g/mol. The molecule has 0 atom stereocenters. The lowest BCUT2D eigenvalue weighted by molar-refractivity contribution is -0.387. The highest BCUT2D eigenvalue weighted by Gasteiger charge is 2.34. The molecule has 1 aliphatic heterocycles. The zero-order chi connectivity index (χ0) is 20.6. The zero-order valence-corrected chi connectivity index (χ0v) is 17.3. The van der Waals surface area contributed by atoms with Crippen molar-refractivity contribution in [2.75, 3.05) is 13.1 Å². The predicted molar refractivity (Wildman–Crippen MR) is 110 cm³/mol. The molecular weight excluding hydrogens is 414 g/mol. The fourth-order valence-electron chi connectivity index (χ4n) is 3.41. The van der Waals surface area contributed by atoms with Gasteiger partial charge in [0.2, 0.25) is 10.0 Å². The van der Waals surface area contributed by atoms with Crippen molar-refractivity contribution < 1.29 is 18.1 Å². The predicted octanol–water partition coefficient (Wildman–Crippen LogP) is 3.75. The number of aryl methyl sites for hydroxylation is 1. The number of nitro groups is 1. The van der Waals surface area contributed by atoms with Crippen LogP contribution in [0.15, 0.2) is 47.4 Å². The van der Waals surface area contributed by atoms with Gasteiger partial charge in [-0.05, 0) is 37.5 Å². The Balaban J connectivity index is 1.46. The van der Waals surface area contributed by atoms with E-state index in [2.05, 4.69) is 4.98 Å². The lowest BCUT2D eigenvalue weighted by atomic mass is 10.1. The molecule has 0 N–H and O–H groups in total. The van der Waals surface area contributed by atoms with E-state index in [9.17, 15) is 18.5 Å². The Hall–Kier alpha value is -2.56. The van der Waals surface area contributed by atoms with Crippen molar-refractivity contribution in [2.45, 2.75) is 30.8 Å². The quantitative estimate of drug-likeness (QED) is 0.449. The number of hydrogen-bond donors (Lipinski definition) is 0. The number of thiazole rings is 1. The van der Waals surface area contributed by atoms with Gasteiger partial charge in [-0.25, -0.2) is 13.4 Å². The number of para-hydroxylation sites is 2. The minimum atomic E-state index is -3.94. The Morgan fingerprint density at radius 3 is 2.59 bits per heavy atom. The van der Waals surface area contributed by atoms with Gasteiger partial charge in [-0.1, -0.05) is 35.6 Å². The van der Waals surface area contributed by atoms with Crippen LogP contribution < -0.4 is 4.74 Å². The van der Waals surface area contributed by atoms with Crippen LogP contribution in [0.3, 0.4) is 0 Å². The molecule has 0 saturated carbocycles. The van der Waals surface area contributed by atoms with Crippen LogP contribution in [0.2, 0.25) is 0 Å². The summed E-state index contributed by atoms with van der Waals surface area (Å²) in [6.45, 7) is 2.48. The molecule has 0 bridgehead atoms. The third-order valence-corrected chi connectivity index (χ3v) is 7.81. The van der Waals surface area contributed by atoms with Gasteiger partial charge in [0, 0.05) is 19.2 Å². The van der Waals surface area contributed by atoms with Gasteiger partial charge in [-0.3, -0.25) is 10.1 Å². The maximum absolute atomic E-state index is 12.9. The van der Waals surface area contributed by atoms with Crippen LogP contribution in [0, 0.1) is 17.0 Å². The smallest absolute Gasteiger partial charge is 0.289 e. The molecule has 1 saturated heterocycles. The summed E-state index contributed by atoms with van der Waals surface area (Å²) in [6.07, 6.45) is 0.844. The molecule has 152 valence electrons. The summed E-state index contributed by atoms with van der Waals surface area (Å²) < 4.78 is 34.1. The number of ether oxygens (including phenoxy) is 1. The summed E-state index contributed by atoms with van der Waals surface area (Å²) in [4.78, 5) is 14.8. The first-order valence-electron chi connectivity index (χ1n) is 9.12. The van der Waals surface area contributed by atoms with Crippen molar-refractivity contribution in [3.8, 4) is 5.19 Å². The van der Waals surface area contributed by atoms with E-state index >= 15 is 0 Å². The minimum Gasteiger partial charge on any atom is -0.467 e. The maximum Gasteiger partial charge on any atom is 0.289 e. The highest BCUT2D eigenvalue weighted by atomic mass is 32.2. The Morgan fingerprint density at radius 1 is 1.17 bits per heavy atom. The topological polar surface area (TPSA) is 103 Å². The number of sulfonamides is 1. The molecule has 0 unspecified atom stereocenters.